The van der Waals surface area contributed by atoms with Crippen molar-refractivity contribution in [1.82, 2.24) is 30.0 Å². The van der Waals surface area contributed by atoms with Crippen LogP contribution in [0.5, 0.6) is 0 Å². The molecule has 0 unspecified atom stereocenters. The predicted molar refractivity (Wildman–Crippen MR) is 129 cm³/mol. The van der Waals surface area contributed by atoms with E-state index in [0.29, 0.717) is 46.6 Å². The number of benzene rings is 1. The smallest absolute Gasteiger partial charge is 0.223 e. The van der Waals surface area contributed by atoms with Gasteiger partial charge in [-0.3, -0.25) is 9.78 Å². The summed E-state index contributed by atoms with van der Waals surface area (Å²) in [6.45, 7) is 1.05. The van der Waals surface area contributed by atoms with Crippen molar-refractivity contribution in [2.24, 2.45) is 11.8 Å². The predicted octanol–water partition coefficient (Wildman–Crippen LogP) is 3.99. The van der Waals surface area contributed by atoms with E-state index in [1.54, 1.807) is 18.0 Å². The molecule has 8 nitrogen and oxygen atoms in total. The molecule has 0 aliphatic heterocycles. The molecule has 1 aromatic carbocycles. The van der Waals surface area contributed by atoms with E-state index in [1.165, 1.54) is 12.3 Å². The van der Waals surface area contributed by atoms with E-state index in [4.69, 9.17) is 9.72 Å². The molecule has 0 saturated heterocycles. The molecule has 1 aliphatic rings. The lowest BCUT2D eigenvalue weighted by Gasteiger charge is -2.12. The molecule has 0 spiro atoms. The first-order valence-electron chi connectivity index (χ1n) is 11.2. The summed E-state index contributed by atoms with van der Waals surface area (Å²) >= 11 is 3.50. The SMILES string of the molecule is COCCNC(=O)[C@@H]1CC[C@@H](Cc2ncc3c(Br)nn(-c4ccc5ncc(F)cc5c4)c3n2)C1. The Balaban J connectivity index is 1.37. The third-order valence-corrected chi connectivity index (χ3v) is 6.88. The van der Waals surface area contributed by atoms with E-state index in [1.807, 2.05) is 18.2 Å². The summed E-state index contributed by atoms with van der Waals surface area (Å²) in [6.07, 6.45) is 6.35. The van der Waals surface area contributed by atoms with Crippen LogP contribution in [-0.2, 0) is 16.0 Å². The summed E-state index contributed by atoms with van der Waals surface area (Å²) in [5, 5.41) is 9.01. The monoisotopic (exact) mass is 526 g/mol. The van der Waals surface area contributed by atoms with Gasteiger partial charge in [0, 0.05) is 37.6 Å². The molecule has 1 fully saturated rings. The number of hydrogen-bond donors (Lipinski definition) is 1. The van der Waals surface area contributed by atoms with Gasteiger partial charge in [0.15, 0.2) is 5.65 Å². The lowest BCUT2D eigenvalue weighted by molar-refractivity contribution is -0.125. The van der Waals surface area contributed by atoms with Crippen LogP contribution in [0.1, 0.15) is 25.1 Å². The van der Waals surface area contributed by atoms with Gasteiger partial charge in [-0.15, -0.1) is 0 Å². The maximum atomic E-state index is 13.7. The fraction of sp³-hybridized carbons (Fsp3) is 0.375. The van der Waals surface area contributed by atoms with Crippen LogP contribution < -0.4 is 5.32 Å². The number of hydrogen-bond acceptors (Lipinski definition) is 6. The molecule has 1 aliphatic carbocycles. The van der Waals surface area contributed by atoms with Crippen LogP contribution in [0.3, 0.4) is 0 Å². The minimum Gasteiger partial charge on any atom is -0.383 e. The average molecular weight is 527 g/mol. The van der Waals surface area contributed by atoms with Gasteiger partial charge < -0.3 is 10.1 Å². The van der Waals surface area contributed by atoms with Gasteiger partial charge in [-0.05, 0) is 65.4 Å². The number of carbonyl (C=O) groups excluding carboxylic acids is 1. The standard InChI is InChI=1S/C24H24BrFN6O2/c1-34-7-6-27-24(33)15-3-2-14(8-15)9-21-29-13-19-22(25)31-32(23(19)30-21)18-4-5-20-16(11-18)10-17(26)12-28-20/h4-5,10-15H,2-3,6-9H2,1H3,(H,27,33)/t14-,15-/m1/s1. The Morgan fingerprint density at radius 3 is 3.00 bits per heavy atom. The summed E-state index contributed by atoms with van der Waals surface area (Å²) in [5.41, 5.74) is 2.14. The largest absolute Gasteiger partial charge is 0.383 e. The van der Waals surface area contributed by atoms with Crippen LogP contribution in [0.25, 0.3) is 27.6 Å². The summed E-state index contributed by atoms with van der Waals surface area (Å²) < 4.78 is 21.1. The fourth-order valence-electron chi connectivity index (χ4n) is 4.58. The minimum atomic E-state index is -0.386. The summed E-state index contributed by atoms with van der Waals surface area (Å²) in [6, 6.07) is 7.02. The van der Waals surface area contributed by atoms with Gasteiger partial charge in [0.1, 0.15) is 16.2 Å². The average Bonchev–Trinajstić information content (AvgIpc) is 3.43. The highest BCUT2D eigenvalue weighted by Crippen LogP contribution is 2.33. The van der Waals surface area contributed by atoms with Crippen LogP contribution in [0.2, 0.25) is 0 Å². The lowest BCUT2D eigenvalue weighted by Crippen LogP contribution is -2.32. The molecule has 2 atom stereocenters. The summed E-state index contributed by atoms with van der Waals surface area (Å²) in [5.74, 6) is 0.810. The molecule has 0 bridgehead atoms. The van der Waals surface area contributed by atoms with Crippen LogP contribution in [0.15, 0.2) is 41.3 Å². The Morgan fingerprint density at radius 1 is 1.26 bits per heavy atom. The van der Waals surface area contributed by atoms with Crippen molar-refractivity contribution in [2.75, 3.05) is 20.3 Å². The Kier molecular flexibility index (Phi) is 6.51. The third kappa shape index (κ3) is 4.65. The molecule has 3 aromatic heterocycles. The first-order valence-corrected chi connectivity index (χ1v) is 12.0. The maximum absolute atomic E-state index is 13.7. The van der Waals surface area contributed by atoms with E-state index in [2.05, 4.69) is 36.3 Å². The molecular formula is C24H24BrFN6O2. The van der Waals surface area contributed by atoms with E-state index in [0.717, 1.165) is 36.2 Å². The normalized spacial score (nSPS) is 18.1. The van der Waals surface area contributed by atoms with Crippen molar-refractivity contribution in [1.29, 1.82) is 0 Å². The highest BCUT2D eigenvalue weighted by molar-refractivity contribution is 9.10. The number of fused-ring (bicyclic) bond motifs is 2. The Hall–Kier alpha value is -2.98. The van der Waals surface area contributed by atoms with Crippen molar-refractivity contribution < 1.29 is 13.9 Å². The van der Waals surface area contributed by atoms with E-state index in [-0.39, 0.29) is 17.6 Å². The van der Waals surface area contributed by atoms with Gasteiger partial charge in [0.25, 0.3) is 0 Å². The molecular weight excluding hydrogens is 503 g/mol. The summed E-state index contributed by atoms with van der Waals surface area (Å²) in [7, 11) is 1.62. The van der Waals surface area contributed by atoms with Gasteiger partial charge in [0.2, 0.25) is 5.91 Å². The fourth-order valence-corrected chi connectivity index (χ4v) is 5.02. The lowest BCUT2D eigenvalue weighted by atomic mass is 10.0. The maximum Gasteiger partial charge on any atom is 0.223 e. The first-order chi connectivity index (χ1) is 16.5. The number of rotatable bonds is 7. The molecule has 176 valence electrons. The summed E-state index contributed by atoms with van der Waals surface area (Å²) in [4.78, 5) is 25.9. The van der Waals surface area contributed by atoms with Gasteiger partial charge in [0.05, 0.1) is 29.4 Å². The number of amides is 1. The van der Waals surface area contributed by atoms with E-state index < -0.39 is 0 Å². The van der Waals surface area contributed by atoms with Crippen molar-refractivity contribution >= 4 is 43.8 Å². The highest BCUT2D eigenvalue weighted by Gasteiger charge is 2.30. The van der Waals surface area contributed by atoms with Crippen molar-refractivity contribution in [3.05, 3.63) is 52.9 Å². The number of pyridine rings is 1. The minimum absolute atomic E-state index is 0.0249. The Morgan fingerprint density at radius 2 is 2.15 bits per heavy atom. The van der Waals surface area contributed by atoms with Gasteiger partial charge in [-0.2, -0.15) is 5.10 Å². The molecule has 34 heavy (non-hydrogen) atoms. The molecule has 4 aromatic rings. The molecule has 5 rings (SSSR count). The second-order valence-electron chi connectivity index (χ2n) is 8.62. The number of aromatic nitrogens is 5. The molecule has 10 heteroatoms. The first kappa shape index (κ1) is 22.8. The number of nitrogens with one attached hydrogen (secondary N) is 1. The van der Waals surface area contributed by atoms with Crippen molar-refractivity contribution in [3.8, 4) is 5.69 Å². The highest BCUT2D eigenvalue weighted by atomic mass is 79.9. The zero-order valence-corrected chi connectivity index (χ0v) is 20.3. The van der Waals surface area contributed by atoms with Crippen molar-refractivity contribution in [2.45, 2.75) is 25.7 Å². The second-order valence-corrected chi connectivity index (χ2v) is 9.37. The zero-order chi connectivity index (χ0) is 23.7. The van der Waals surface area contributed by atoms with Crippen LogP contribution in [0.4, 0.5) is 4.39 Å². The molecule has 0 radical (unpaired) electrons. The van der Waals surface area contributed by atoms with E-state index >= 15 is 0 Å². The Labute approximate surface area is 204 Å². The van der Waals surface area contributed by atoms with Crippen LogP contribution in [-0.4, -0.2) is 50.9 Å². The quantitative estimate of drug-likeness (QED) is 0.366. The van der Waals surface area contributed by atoms with Gasteiger partial charge in [-0.1, -0.05) is 0 Å². The molecule has 1 saturated carbocycles. The zero-order valence-electron chi connectivity index (χ0n) is 18.7. The van der Waals surface area contributed by atoms with Gasteiger partial charge in [-0.25, -0.2) is 19.0 Å². The van der Waals surface area contributed by atoms with Crippen LogP contribution in [0, 0.1) is 17.7 Å². The van der Waals surface area contributed by atoms with Crippen molar-refractivity contribution in [3.63, 3.8) is 0 Å². The number of ether oxygens (including phenoxy) is 1. The number of nitrogens with zero attached hydrogens (tertiary/aromatic N) is 5. The van der Waals surface area contributed by atoms with Gasteiger partial charge >= 0.3 is 0 Å². The number of carbonyl (C=O) groups is 1. The molecule has 1 amide bonds. The number of methoxy groups -OCH3 is 1. The topological polar surface area (TPSA) is 94.8 Å². The second kappa shape index (κ2) is 9.71. The molecule has 3 heterocycles. The Bertz CT molecular complexity index is 1360. The number of halogens is 2. The van der Waals surface area contributed by atoms with E-state index in [9.17, 15) is 9.18 Å². The third-order valence-electron chi connectivity index (χ3n) is 6.29. The van der Waals surface area contributed by atoms with Crippen LogP contribution >= 0.6 is 15.9 Å². The molecule has 1 N–H and O–H groups in total.